The van der Waals surface area contributed by atoms with E-state index in [4.69, 9.17) is 24.7 Å². The summed E-state index contributed by atoms with van der Waals surface area (Å²) in [6.07, 6.45) is 7.48. The lowest BCUT2D eigenvalue weighted by Crippen LogP contribution is -2.38. The topological polar surface area (TPSA) is 70.2 Å². The normalized spacial score (nSPS) is 16.4. The summed E-state index contributed by atoms with van der Waals surface area (Å²) in [5.41, 5.74) is 6.47. The molecule has 10 rings (SSSR count). The highest BCUT2D eigenvalue weighted by molar-refractivity contribution is 5.98. The fraction of sp³-hybridized carbons (Fsp3) is 0.245. The van der Waals surface area contributed by atoms with Crippen molar-refractivity contribution < 1.29 is 9.47 Å². The average Bonchev–Trinajstić information content (AvgIpc) is 4.07. The maximum absolute atomic E-state index is 6.31. The summed E-state index contributed by atoms with van der Waals surface area (Å²) in [6, 6.07) is 51.2. The minimum absolute atomic E-state index is 0.109. The van der Waals surface area contributed by atoms with E-state index in [1.165, 1.54) is 25.9 Å². The molecule has 8 heteroatoms. The van der Waals surface area contributed by atoms with Crippen LogP contribution < -0.4 is 4.74 Å². The van der Waals surface area contributed by atoms with Gasteiger partial charge in [-0.15, -0.1) is 5.10 Å². The van der Waals surface area contributed by atoms with Gasteiger partial charge in [-0.3, -0.25) is 4.90 Å². The molecule has 0 bridgehead atoms. The Morgan fingerprint density at radius 1 is 0.649 bits per heavy atom. The average molecular weight is 751 g/mol. The van der Waals surface area contributed by atoms with E-state index in [1.807, 2.05) is 11.0 Å². The van der Waals surface area contributed by atoms with Gasteiger partial charge < -0.3 is 9.47 Å². The van der Waals surface area contributed by atoms with Crippen molar-refractivity contribution in [1.82, 2.24) is 29.4 Å². The van der Waals surface area contributed by atoms with Crippen LogP contribution in [0.4, 0.5) is 0 Å². The summed E-state index contributed by atoms with van der Waals surface area (Å²) in [5.74, 6) is 1.55. The van der Waals surface area contributed by atoms with E-state index >= 15 is 0 Å². The van der Waals surface area contributed by atoms with E-state index in [1.54, 1.807) is 0 Å². The van der Waals surface area contributed by atoms with Gasteiger partial charge in [0.2, 0.25) is 0 Å². The van der Waals surface area contributed by atoms with Crippen molar-refractivity contribution >= 4 is 21.7 Å². The SMILES string of the molecule is c1ccc(C(c2ccccc2)(c2ccccc2)n2cnc(-c3ccc4c(c3)c(-c3ccc5cc(OCCN6CCCC6)ccc5c3)nn4C3CCCCO3)n2)cc1. The number of rotatable bonds is 11. The zero-order valence-corrected chi connectivity index (χ0v) is 32.1. The van der Waals surface area contributed by atoms with Gasteiger partial charge in [0.25, 0.3) is 0 Å². The third kappa shape index (κ3) is 6.68. The second-order valence-electron chi connectivity index (χ2n) is 15.3. The molecule has 2 aromatic heterocycles. The summed E-state index contributed by atoms with van der Waals surface area (Å²) in [4.78, 5) is 7.49. The van der Waals surface area contributed by atoms with Gasteiger partial charge in [-0.2, -0.15) is 5.10 Å². The Hall–Kier alpha value is -6.09. The number of nitrogens with zero attached hydrogens (tertiary/aromatic N) is 6. The van der Waals surface area contributed by atoms with Gasteiger partial charge in [0.1, 0.15) is 29.9 Å². The first kappa shape index (κ1) is 35.3. The van der Waals surface area contributed by atoms with Crippen molar-refractivity contribution in [3.05, 3.63) is 169 Å². The van der Waals surface area contributed by atoms with Crippen LogP contribution in [0.2, 0.25) is 0 Å². The molecule has 0 aliphatic carbocycles. The summed E-state index contributed by atoms with van der Waals surface area (Å²) in [7, 11) is 0. The lowest BCUT2D eigenvalue weighted by Gasteiger charge is -2.35. The van der Waals surface area contributed by atoms with Crippen LogP contribution in [-0.2, 0) is 10.3 Å². The zero-order chi connectivity index (χ0) is 38.0. The third-order valence-corrected chi connectivity index (χ3v) is 11.8. The molecule has 8 nitrogen and oxygen atoms in total. The Balaban J connectivity index is 1.05. The molecule has 1 unspecified atom stereocenters. The zero-order valence-electron chi connectivity index (χ0n) is 32.1. The van der Waals surface area contributed by atoms with Crippen LogP contribution in [0.3, 0.4) is 0 Å². The summed E-state index contributed by atoms with van der Waals surface area (Å²) in [5, 5.41) is 14.0. The maximum Gasteiger partial charge on any atom is 0.181 e. The largest absolute Gasteiger partial charge is 0.492 e. The Morgan fingerprint density at radius 2 is 1.32 bits per heavy atom. The Morgan fingerprint density at radius 3 is 2.00 bits per heavy atom. The van der Waals surface area contributed by atoms with E-state index in [0.29, 0.717) is 12.4 Å². The standard InChI is InChI=1S/C49H46N6O2/c1-4-14-40(15-5-1)49(41-16-6-2-7-17-41,42-18-8-3-9-19-42)54-35-50-48(52-54)39-24-26-45-44(34-39)47(51-55(45)46-20-10-13-30-57-46)38-22-21-37-33-43(25-23-36(37)32-38)56-31-29-53-27-11-12-28-53/h1-9,14-19,21-26,32-35,46H,10-13,20,27-31H2. The Kier molecular flexibility index (Phi) is 9.58. The van der Waals surface area contributed by atoms with Crippen LogP contribution in [0.5, 0.6) is 5.75 Å². The first-order chi connectivity index (χ1) is 28.2. The second-order valence-corrected chi connectivity index (χ2v) is 15.3. The molecular weight excluding hydrogens is 705 g/mol. The molecule has 2 aliphatic rings. The highest BCUT2D eigenvalue weighted by Gasteiger charge is 2.39. The molecule has 8 aromatic rings. The number of fused-ring (bicyclic) bond motifs is 2. The molecule has 6 aromatic carbocycles. The van der Waals surface area contributed by atoms with Crippen LogP contribution in [0.1, 0.15) is 55.0 Å². The number of likely N-dealkylation sites (tertiary alicyclic amines) is 1. The van der Waals surface area contributed by atoms with E-state index in [2.05, 4.69) is 155 Å². The first-order valence-electron chi connectivity index (χ1n) is 20.4. The fourth-order valence-corrected chi connectivity index (χ4v) is 8.88. The van der Waals surface area contributed by atoms with Gasteiger partial charge in [-0.1, -0.05) is 109 Å². The lowest BCUT2D eigenvalue weighted by molar-refractivity contribution is -0.0365. The molecule has 284 valence electrons. The molecule has 1 atom stereocenters. The second kappa shape index (κ2) is 15.4. The van der Waals surface area contributed by atoms with Crippen molar-refractivity contribution in [3.63, 3.8) is 0 Å². The van der Waals surface area contributed by atoms with Crippen molar-refractivity contribution in [2.45, 2.75) is 43.9 Å². The highest BCUT2D eigenvalue weighted by Crippen LogP contribution is 2.41. The molecule has 2 aliphatic heterocycles. The molecule has 0 amide bonds. The van der Waals surface area contributed by atoms with Crippen molar-refractivity contribution in [1.29, 1.82) is 0 Å². The first-order valence-corrected chi connectivity index (χ1v) is 20.4. The van der Waals surface area contributed by atoms with Crippen molar-refractivity contribution in [3.8, 4) is 28.4 Å². The third-order valence-electron chi connectivity index (χ3n) is 11.8. The minimum atomic E-state index is -0.753. The highest BCUT2D eigenvalue weighted by atomic mass is 16.5. The van der Waals surface area contributed by atoms with Gasteiger partial charge in [0.05, 0.1) is 5.52 Å². The molecule has 2 fully saturated rings. The number of hydrogen-bond acceptors (Lipinski definition) is 6. The molecular formula is C49H46N6O2. The summed E-state index contributed by atoms with van der Waals surface area (Å²) >= 11 is 0. The molecule has 2 saturated heterocycles. The number of benzene rings is 6. The minimum Gasteiger partial charge on any atom is -0.492 e. The predicted molar refractivity (Wildman–Crippen MR) is 226 cm³/mol. The van der Waals surface area contributed by atoms with Gasteiger partial charge in [-0.05, 0) is 109 Å². The van der Waals surface area contributed by atoms with Gasteiger partial charge in [0, 0.05) is 29.7 Å². The quantitative estimate of drug-likeness (QED) is 0.123. The molecule has 4 heterocycles. The summed E-state index contributed by atoms with van der Waals surface area (Å²) in [6.45, 7) is 4.78. The molecule has 57 heavy (non-hydrogen) atoms. The number of hydrogen-bond donors (Lipinski definition) is 0. The lowest BCUT2D eigenvalue weighted by atomic mass is 9.77. The smallest absolute Gasteiger partial charge is 0.181 e. The van der Waals surface area contributed by atoms with Crippen molar-refractivity contribution in [2.75, 3.05) is 32.8 Å². The van der Waals surface area contributed by atoms with Crippen LogP contribution in [0.15, 0.2) is 152 Å². The molecule has 0 N–H and O–H groups in total. The molecule has 0 spiro atoms. The van der Waals surface area contributed by atoms with Gasteiger partial charge in [-0.25, -0.2) is 14.3 Å². The van der Waals surface area contributed by atoms with E-state index in [0.717, 1.165) is 93.4 Å². The monoisotopic (exact) mass is 750 g/mol. The van der Waals surface area contributed by atoms with Gasteiger partial charge in [0.15, 0.2) is 12.1 Å². The Labute approximate surface area is 333 Å². The molecule has 0 radical (unpaired) electrons. The van der Waals surface area contributed by atoms with Crippen molar-refractivity contribution in [2.24, 2.45) is 0 Å². The summed E-state index contributed by atoms with van der Waals surface area (Å²) < 4.78 is 16.6. The van der Waals surface area contributed by atoms with Gasteiger partial charge >= 0.3 is 0 Å². The fourth-order valence-electron chi connectivity index (χ4n) is 8.88. The van der Waals surface area contributed by atoms with Crippen LogP contribution >= 0.6 is 0 Å². The number of ether oxygens (including phenoxy) is 2. The Bertz CT molecular complexity index is 2510. The van der Waals surface area contributed by atoms with Crippen LogP contribution in [0.25, 0.3) is 44.3 Å². The van der Waals surface area contributed by atoms with E-state index < -0.39 is 5.54 Å². The van der Waals surface area contributed by atoms with E-state index in [9.17, 15) is 0 Å². The maximum atomic E-state index is 6.31. The molecule has 0 saturated carbocycles. The predicted octanol–water partition coefficient (Wildman–Crippen LogP) is 10.1. The van der Waals surface area contributed by atoms with E-state index in [-0.39, 0.29) is 6.23 Å². The number of aromatic nitrogens is 5. The van der Waals surface area contributed by atoms with Crippen LogP contribution in [0, 0.1) is 0 Å². The van der Waals surface area contributed by atoms with Crippen LogP contribution in [-0.4, -0.2) is 62.3 Å².